The van der Waals surface area contributed by atoms with E-state index in [0.717, 1.165) is 28.1 Å². The molecule has 1 atom stereocenters. The van der Waals surface area contributed by atoms with Crippen molar-refractivity contribution in [2.45, 2.75) is 31.5 Å². The standard InChI is InChI=1S/C29H28N4O3/c1-36-29(35)26-16-25-24(31-19-32(25)17-20-12-14-23(30)15-13-20)18-33(26)28(34)27(21-8-4-2-5-9-21)22-10-6-3-7-11-22/h2-15,19,26-27H,16-18,30H2,1H3/t26-/m0/s1. The van der Waals surface area contributed by atoms with Gasteiger partial charge in [-0.05, 0) is 28.8 Å². The molecule has 1 aromatic heterocycles. The van der Waals surface area contributed by atoms with E-state index in [2.05, 4.69) is 4.98 Å². The molecule has 0 bridgehead atoms. The van der Waals surface area contributed by atoms with Gasteiger partial charge in [0.15, 0.2) is 0 Å². The van der Waals surface area contributed by atoms with Gasteiger partial charge in [0.25, 0.3) is 0 Å². The predicted octanol–water partition coefficient (Wildman–Crippen LogP) is 3.77. The molecule has 5 rings (SSSR count). The van der Waals surface area contributed by atoms with Crippen molar-refractivity contribution in [2.75, 3.05) is 12.8 Å². The molecule has 4 aromatic rings. The van der Waals surface area contributed by atoms with Crippen LogP contribution in [0.4, 0.5) is 5.69 Å². The highest BCUT2D eigenvalue weighted by Crippen LogP contribution is 2.32. The molecule has 3 aromatic carbocycles. The molecular formula is C29H28N4O3. The topological polar surface area (TPSA) is 90.4 Å². The summed E-state index contributed by atoms with van der Waals surface area (Å²) in [4.78, 5) is 33.3. The Morgan fingerprint density at radius 3 is 2.17 bits per heavy atom. The smallest absolute Gasteiger partial charge is 0.328 e. The Balaban J connectivity index is 1.50. The van der Waals surface area contributed by atoms with Gasteiger partial charge < -0.3 is 19.9 Å². The minimum Gasteiger partial charge on any atom is -0.467 e. The van der Waals surface area contributed by atoms with Crippen molar-refractivity contribution in [1.29, 1.82) is 0 Å². The van der Waals surface area contributed by atoms with Crippen LogP contribution in [-0.4, -0.2) is 39.5 Å². The van der Waals surface area contributed by atoms with E-state index in [-0.39, 0.29) is 12.5 Å². The first-order valence-electron chi connectivity index (χ1n) is 11.9. The number of imidazole rings is 1. The highest BCUT2D eigenvalue weighted by atomic mass is 16.5. The molecule has 7 nitrogen and oxygen atoms in total. The van der Waals surface area contributed by atoms with Gasteiger partial charge >= 0.3 is 5.97 Å². The van der Waals surface area contributed by atoms with Crippen molar-refractivity contribution >= 4 is 17.6 Å². The molecule has 0 fully saturated rings. The van der Waals surface area contributed by atoms with Crippen LogP contribution < -0.4 is 5.73 Å². The van der Waals surface area contributed by atoms with Gasteiger partial charge in [0.1, 0.15) is 6.04 Å². The first kappa shape index (κ1) is 23.4. The van der Waals surface area contributed by atoms with Crippen LogP contribution in [0.25, 0.3) is 0 Å². The van der Waals surface area contributed by atoms with Gasteiger partial charge in [0.05, 0.1) is 31.6 Å². The van der Waals surface area contributed by atoms with Crippen molar-refractivity contribution in [1.82, 2.24) is 14.5 Å². The molecular weight excluding hydrogens is 452 g/mol. The molecule has 0 saturated carbocycles. The number of nitrogens with two attached hydrogens (primary N) is 1. The fraction of sp³-hybridized carbons (Fsp3) is 0.207. The second kappa shape index (κ2) is 10.1. The number of rotatable bonds is 6. The Bertz CT molecular complexity index is 1310. The molecule has 1 amide bonds. The zero-order valence-electron chi connectivity index (χ0n) is 20.1. The van der Waals surface area contributed by atoms with Gasteiger partial charge in [-0.3, -0.25) is 4.79 Å². The van der Waals surface area contributed by atoms with Crippen LogP contribution in [0.2, 0.25) is 0 Å². The third-order valence-electron chi connectivity index (χ3n) is 6.72. The largest absolute Gasteiger partial charge is 0.467 e. The number of nitrogens with zero attached hydrogens (tertiary/aromatic N) is 3. The maximum atomic E-state index is 14.1. The number of methoxy groups -OCH3 is 1. The van der Waals surface area contributed by atoms with Crippen LogP contribution in [0.15, 0.2) is 91.3 Å². The Morgan fingerprint density at radius 2 is 1.58 bits per heavy atom. The molecule has 0 unspecified atom stereocenters. The van der Waals surface area contributed by atoms with E-state index in [1.54, 1.807) is 11.2 Å². The number of esters is 1. The number of anilines is 1. The van der Waals surface area contributed by atoms with E-state index in [1.807, 2.05) is 89.5 Å². The summed E-state index contributed by atoms with van der Waals surface area (Å²) in [6.45, 7) is 0.833. The van der Waals surface area contributed by atoms with Crippen molar-refractivity contribution in [3.8, 4) is 0 Å². The van der Waals surface area contributed by atoms with Gasteiger partial charge in [-0.1, -0.05) is 72.8 Å². The highest BCUT2D eigenvalue weighted by Gasteiger charge is 2.40. The summed E-state index contributed by atoms with van der Waals surface area (Å²) in [7, 11) is 1.36. The molecule has 2 heterocycles. The zero-order chi connectivity index (χ0) is 25.1. The lowest BCUT2D eigenvalue weighted by molar-refractivity contribution is -0.154. The number of ether oxygens (including phenoxy) is 1. The summed E-state index contributed by atoms with van der Waals surface area (Å²) in [5.74, 6) is -1.13. The summed E-state index contributed by atoms with van der Waals surface area (Å²) in [5, 5.41) is 0. The third kappa shape index (κ3) is 4.60. The first-order chi connectivity index (χ1) is 17.5. The van der Waals surface area contributed by atoms with Crippen molar-refractivity contribution in [3.05, 3.63) is 119 Å². The highest BCUT2D eigenvalue weighted by molar-refractivity contribution is 5.91. The van der Waals surface area contributed by atoms with Gasteiger partial charge in [0.2, 0.25) is 5.91 Å². The van der Waals surface area contributed by atoms with Crippen LogP contribution in [0.3, 0.4) is 0 Å². The Labute approximate surface area is 210 Å². The summed E-state index contributed by atoms with van der Waals surface area (Å²) >= 11 is 0. The Morgan fingerprint density at radius 1 is 0.972 bits per heavy atom. The van der Waals surface area contributed by atoms with E-state index in [4.69, 9.17) is 10.5 Å². The minimum absolute atomic E-state index is 0.151. The monoisotopic (exact) mass is 480 g/mol. The van der Waals surface area contributed by atoms with E-state index in [1.165, 1.54) is 7.11 Å². The van der Waals surface area contributed by atoms with Crippen LogP contribution in [0, 0.1) is 0 Å². The average molecular weight is 481 g/mol. The number of hydrogen-bond donors (Lipinski definition) is 1. The molecule has 2 N–H and O–H groups in total. The van der Waals surface area contributed by atoms with Crippen molar-refractivity contribution in [3.63, 3.8) is 0 Å². The molecule has 1 aliphatic rings. The lowest BCUT2D eigenvalue weighted by Gasteiger charge is -2.36. The van der Waals surface area contributed by atoms with E-state index < -0.39 is 17.9 Å². The fourth-order valence-corrected chi connectivity index (χ4v) is 4.85. The molecule has 7 heteroatoms. The summed E-state index contributed by atoms with van der Waals surface area (Å²) in [6.07, 6.45) is 2.11. The first-order valence-corrected chi connectivity index (χ1v) is 11.9. The molecule has 1 aliphatic heterocycles. The molecule has 0 radical (unpaired) electrons. The second-order valence-electron chi connectivity index (χ2n) is 8.97. The zero-order valence-corrected chi connectivity index (χ0v) is 20.1. The number of carbonyl (C=O) groups excluding carboxylic acids is 2. The number of aromatic nitrogens is 2. The van der Waals surface area contributed by atoms with E-state index in [0.29, 0.717) is 18.7 Å². The maximum Gasteiger partial charge on any atom is 0.328 e. The van der Waals surface area contributed by atoms with E-state index in [9.17, 15) is 9.59 Å². The van der Waals surface area contributed by atoms with Gasteiger partial charge in [-0.2, -0.15) is 0 Å². The Hall–Kier alpha value is -4.39. The predicted molar refractivity (Wildman–Crippen MR) is 137 cm³/mol. The van der Waals surface area contributed by atoms with E-state index >= 15 is 0 Å². The molecule has 0 spiro atoms. The van der Waals surface area contributed by atoms with Crippen LogP contribution in [-0.2, 0) is 33.8 Å². The lowest BCUT2D eigenvalue weighted by Crippen LogP contribution is -2.51. The third-order valence-corrected chi connectivity index (χ3v) is 6.72. The van der Waals surface area contributed by atoms with Crippen LogP contribution in [0.1, 0.15) is 34.0 Å². The quantitative estimate of drug-likeness (QED) is 0.335. The fourth-order valence-electron chi connectivity index (χ4n) is 4.85. The molecule has 182 valence electrons. The summed E-state index contributed by atoms with van der Waals surface area (Å²) in [5.41, 5.74) is 11.1. The maximum absolute atomic E-state index is 14.1. The molecule has 0 aliphatic carbocycles. The van der Waals surface area contributed by atoms with Crippen molar-refractivity contribution < 1.29 is 14.3 Å². The number of amides is 1. The number of benzene rings is 3. The van der Waals surface area contributed by atoms with Gasteiger partial charge in [0, 0.05) is 24.3 Å². The normalized spacial score (nSPS) is 14.9. The SMILES string of the molecule is COC(=O)[C@@H]1Cc2c(ncn2Cc2ccc(N)cc2)CN1C(=O)C(c1ccccc1)c1ccccc1. The van der Waals surface area contributed by atoms with Gasteiger partial charge in [-0.25, -0.2) is 9.78 Å². The van der Waals surface area contributed by atoms with Crippen molar-refractivity contribution in [2.24, 2.45) is 0 Å². The van der Waals surface area contributed by atoms with Crippen LogP contribution >= 0.6 is 0 Å². The Kier molecular flexibility index (Phi) is 6.54. The molecule has 36 heavy (non-hydrogen) atoms. The number of nitrogen functional groups attached to an aromatic ring is 1. The molecule has 0 saturated heterocycles. The summed E-state index contributed by atoms with van der Waals surface area (Å²) < 4.78 is 7.18. The number of carbonyl (C=O) groups is 2. The minimum atomic E-state index is -0.744. The summed E-state index contributed by atoms with van der Waals surface area (Å²) in [6, 6.07) is 26.2. The number of hydrogen-bond acceptors (Lipinski definition) is 5. The van der Waals surface area contributed by atoms with Gasteiger partial charge in [-0.15, -0.1) is 0 Å². The lowest BCUT2D eigenvalue weighted by atomic mass is 9.88. The van der Waals surface area contributed by atoms with Crippen LogP contribution in [0.5, 0.6) is 0 Å². The average Bonchev–Trinajstić information content (AvgIpc) is 3.31. The second-order valence-corrected chi connectivity index (χ2v) is 8.97. The number of fused-ring (bicyclic) bond motifs is 1.